The van der Waals surface area contributed by atoms with Crippen LogP contribution in [-0.4, -0.2) is 41.5 Å². The van der Waals surface area contributed by atoms with Crippen molar-refractivity contribution in [3.63, 3.8) is 0 Å². The highest BCUT2D eigenvalue weighted by molar-refractivity contribution is 5.87. The molecule has 3 atom stereocenters. The lowest BCUT2D eigenvalue weighted by Crippen LogP contribution is -2.50. The molecular weight excluding hydrogens is 250 g/mol. The second-order valence-electron chi connectivity index (χ2n) is 5.22. The van der Waals surface area contributed by atoms with Crippen molar-refractivity contribution in [2.75, 3.05) is 6.61 Å². The van der Waals surface area contributed by atoms with Gasteiger partial charge in [-0.05, 0) is 31.6 Å². The van der Waals surface area contributed by atoms with Crippen molar-refractivity contribution >= 4 is 17.7 Å². The zero-order valence-corrected chi connectivity index (χ0v) is 10.8. The number of Topliss-reactive ketones (excluding diaryl/α,β-unsaturated/α-hetero) is 1. The molecule has 2 N–H and O–H groups in total. The van der Waals surface area contributed by atoms with Crippen molar-refractivity contribution in [1.29, 1.82) is 0 Å². The second kappa shape index (κ2) is 6.14. The molecule has 6 heteroatoms. The first-order valence-corrected chi connectivity index (χ1v) is 6.74. The van der Waals surface area contributed by atoms with Crippen LogP contribution in [0.3, 0.4) is 0 Å². The van der Waals surface area contributed by atoms with Crippen molar-refractivity contribution in [3.05, 3.63) is 0 Å². The minimum atomic E-state index is -1.08. The summed E-state index contributed by atoms with van der Waals surface area (Å²) in [5.41, 5.74) is 0. The molecule has 106 valence electrons. The van der Waals surface area contributed by atoms with Gasteiger partial charge in [-0.1, -0.05) is 0 Å². The van der Waals surface area contributed by atoms with Crippen LogP contribution in [0.5, 0.6) is 0 Å². The van der Waals surface area contributed by atoms with Crippen molar-refractivity contribution < 1.29 is 24.2 Å². The molecule has 0 aromatic rings. The molecule has 19 heavy (non-hydrogen) atoms. The maximum Gasteiger partial charge on any atom is 0.326 e. The minimum absolute atomic E-state index is 0.0777. The Kier molecular flexibility index (Phi) is 4.52. The number of amides is 1. The summed E-state index contributed by atoms with van der Waals surface area (Å²) in [4.78, 5) is 34.6. The molecule has 2 aliphatic rings. The molecule has 1 aliphatic heterocycles. The van der Waals surface area contributed by atoms with E-state index in [1.54, 1.807) is 0 Å². The molecule has 0 aromatic heterocycles. The summed E-state index contributed by atoms with van der Waals surface area (Å²) in [6, 6.07) is -0.985. The number of rotatable bonds is 4. The van der Waals surface area contributed by atoms with Gasteiger partial charge >= 0.3 is 5.97 Å². The first-order valence-electron chi connectivity index (χ1n) is 6.74. The van der Waals surface area contributed by atoms with Crippen LogP contribution < -0.4 is 5.32 Å². The molecule has 0 spiro atoms. The largest absolute Gasteiger partial charge is 0.480 e. The predicted molar refractivity (Wildman–Crippen MR) is 65.5 cm³/mol. The van der Waals surface area contributed by atoms with E-state index in [1.165, 1.54) is 0 Å². The van der Waals surface area contributed by atoms with Gasteiger partial charge in [-0.15, -0.1) is 0 Å². The fourth-order valence-electron chi connectivity index (χ4n) is 2.75. The highest BCUT2D eigenvalue weighted by Crippen LogP contribution is 2.25. The topological polar surface area (TPSA) is 92.7 Å². The van der Waals surface area contributed by atoms with Crippen LogP contribution in [0.1, 0.15) is 38.5 Å². The SMILES string of the molecule is O=C1CCC[C@H]([C@@H](NC(=O)[C@H]2CCCO2)C(=O)O)C1. The number of ketones is 1. The van der Waals surface area contributed by atoms with Gasteiger partial charge in [-0.3, -0.25) is 9.59 Å². The highest BCUT2D eigenvalue weighted by Gasteiger charge is 2.35. The van der Waals surface area contributed by atoms with E-state index in [2.05, 4.69) is 5.32 Å². The zero-order valence-electron chi connectivity index (χ0n) is 10.8. The van der Waals surface area contributed by atoms with Crippen molar-refractivity contribution in [3.8, 4) is 0 Å². The van der Waals surface area contributed by atoms with Gasteiger partial charge in [0, 0.05) is 19.4 Å². The molecular formula is C13H19NO5. The number of aliphatic carboxylic acids is 1. The van der Waals surface area contributed by atoms with Crippen LogP contribution in [0.15, 0.2) is 0 Å². The second-order valence-corrected chi connectivity index (χ2v) is 5.22. The van der Waals surface area contributed by atoms with Crippen LogP contribution in [0.4, 0.5) is 0 Å². The Labute approximate surface area is 111 Å². The summed E-state index contributed by atoms with van der Waals surface area (Å²) in [7, 11) is 0. The molecule has 1 saturated heterocycles. The lowest BCUT2D eigenvalue weighted by molar-refractivity contribution is -0.146. The molecule has 0 aromatic carbocycles. The molecule has 1 aliphatic carbocycles. The molecule has 0 bridgehead atoms. The number of carbonyl (C=O) groups is 3. The first-order chi connectivity index (χ1) is 9.08. The highest BCUT2D eigenvalue weighted by atomic mass is 16.5. The fourth-order valence-corrected chi connectivity index (χ4v) is 2.75. The van der Waals surface area contributed by atoms with Gasteiger partial charge in [0.05, 0.1) is 0 Å². The van der Waals surface area contributed by atoms with Crippen LogP contribution in [0.2, 0.25) is 0 Å². The van der Waals surface area contributed by atoms with Crippen LogP contribution >= 0.6 is 0 Å². The summed E-state index contributed by atoms with van der Waals surface area (Å²) in [5.74, 6) is -1.67. The lowest BCUT2D eigenvalue weighted by atomic mass is 9.83. The zero-order chi connectivity index (χ0) is 13.8. The summed E-state index contributed by atoms with van der Waals surface area (Å²) < 4.78 is 5.23. The van der Waals surface area contributed by atoms with Crippen molar-refractivity contribution in [2.45, 2.75) is 50.7 Å². The predicted octanol–water partition coefficient (Wildman–Crippen LogP) is 0.494. The number of ether oxygens (including phenoxy) is 1. The summed E-state index contributed by atoms with van der Waals surface area (Å²) in [5, 5.41) is 11.8. The van der Waals surface area contributed by atoms with E-state index in [-0.39, 0.29) is 24.0 Å². The normalized spacial score (nSPS) is 28.9. The standard InChI is InChI=1S/C13H19NO5/c15-9-4-1-3-8(7-9)11(13(17)18)14-12(16)10-5-2-6-19-10/h8,10-11H,1-7H2,(H,14,16)(H,17,18)/t8-,10+,11+/m0/s1. The van der Waals surface area contributed by atoms with Gasteiger partial charge in [-0.2, -0.15) is 0 Å². The van der Waals surface area contributed by atoms with E-state index < -0.39 is 18.1 Å². The third kappa shape index (κ3) is 3.53. The minimum Gasteiger partial charge on any atom is -0.480 e. The molecule has 0 radical (unpaired) electrons. The molecule has 0 unspecified atom stereocenters. The third-order valence-corrected chi connectivity index (χ3v) is 3.78. The van der Waals surface area contributed by atoms with Gasteiger partial charge < -0.3 is 15.2 Å². The number of hydrogen-bond acceptors (Lipinski definition) is 4. The third-order valence-electron chi connectivity index (χ3n) is 3.78. The van der Waals surface area contributed by atoms with Gasteiger partial charge in [0.25, 0.3) is 0 Å². The monoisotopic (exact) mass is 269 g/mol. The number of hydrogen-bond donors (Lipinski definition) is 2. The van der Waals surface area contributed by atoms with Gasteiger partial charge in [0.15, 0.2) is 0 Å². The summed E-state index contributed by atoms with van der Waals surface area (Å²) in [6.07, 6.45) is 3.02. The van der Waals surface area contributed by atoms with Crippen molar-refractivity contribution in [1.82, 2.24) is 5.32 Å². The Hall–Kier alpha value is -1.43. The Morgan fingerprint density at radius 2 is 2.11 bits per heavy atom. The number of carbonyl (C=O) groups excluding carboxylic acids is 2. The van der Waals surface area contributed by atoms with E-state index in [9.17, 15) is 19.5 Å². The maximum absolute atomic E-state index is 11.9. The van der Waals surface area contributed by atoms with Crippen molar-refractivity contribution in [2.24, 2.45) is 5.92 Å². The number of carboxylic acid groups (broad SMARTS) is 1. The van der Waals surface area contributed by atoms with E-state index in [0.29, 0.717) is 32.3 Å². The molecule has 1 heterocycles. The Bertz CT molecular complexity index is 375. The molecule has 2 fully saturated rings. The fraction of sp³-hybridized carbons (Fsp3) is 0.769. The maximum atomic E-state index is 11.9. The molecule has 2 rings (SSSR count). The summed E-state index contributed by atoms with van der Waals surface area (Å²) >= 11 is 0. The van der Waals surface area contributed by atoms with Crippen LogP contribution in [0.25, 0.3) is 0 Å². The molecule has 6 nitrogen and oxygen atoms in total. The van der Waals surface area contributed by atoms with E-state index in [4.69, 9.17) is 4.74 Å². The van der Waals surface area contributed by atoms with Crippen LogP contribution in [0, 0.1) is 5.92 Å². The quantitative estimate of drug-likeness (QED) is 0.775. The van der Waals surface area contributed by atoms with Crippen LogP contribution in [-0.2, 0) is 19.1 Å². The molecule has 1 saturated carbocycles. The number of carboxylic acids is 1. The Balaban J connectivity index is 1.97. The average Bonchev–Trinajstić information content (AvgIpc) is 2.89. The van der Waals surface area contributed by atoms with Gasteiger partial charge in [0.2, 0.25) is 5.91 Å². The Morgan fingerprint density at radius 1 is 1.32 bits per heavy atom. The first kappa shape index (κ1) is 14.0. The van der Waals surface area contributed by atoms with E-state index in [0.717, 1.165) is 6.42 Å². The summed E-state index contributed by atoms with van der Waals surface area (Å²) in [6.45, 7) is 0.539. The van der Waals surface area contributed by atoms with E-state index in [1.807, 2.05) is 0 Å². The average molecular weight is 269 g/mol. The number of nitrogens with one attached hydrogen (secondary N) is 1. The van der Waals surface area contributed by atoms with Gasteiger partial charge in [-0.25, -0.2) is 4.79 Å². The van der Waals surface area contributed by atoms with Gasteiger partial charge in [0.1, 0.15) is 17.9 Å². The Morgan fingerprint density at radius 3 is 2.68 bits per heavy atom. The van der Waals surface area contributed by atoms with E-state index >= 15 is 0 Å². The smallest absolute Gasteiger partial charge is 0.326 e. The lowest BCUT2D eigenvalue weighted by Gasteiger charge is -2.28. The molecule has 1 amide bonds.